The third kappa shape index (κ3) is 1.47. The average molecular weight is 372 g/mol. The molecule has 0 radical (unpaired) electrons. The molecule has 5 aliphatic rings. The Balaban J connectivity index is 1.58. The molecule has 11 nitrogen and oxygen atoms in total. The lowest BCUT2D eigenvalue weighted by Crippen LogP contribution is -2.72. The molecule has 8 N–H and O–H groups in total. The zero-order chi connectivity index (χ0) is 18.7. The summed E-state index contributed by atoms with van der Waals surface area (Å²) in [7, 11) is 0. The molecule has 1 aromatic heterocycles. The van der Waals surface area contributed by atoms with Gasteiger partial charge in [0.15, 0.2) is 30.0 Å². The van der Waals surface area contributed by atoms with Crippen LogP contribution in [0.25, 0.3) is 0 Å². The number of aliphatic hydroxyl groups is 2. The highest BCUT2D eigenvalue weighted by molar-refractivity contribution is 5.96. The Bertz CT molecular complexity index is 942. The lowest BCUT2D eigenvalue weighted by atomic mass is 9.74. The first-order valence-corrected chi connectivity index (χ1v) is 8.96. The number of hydrogen-bond donors (Lipinski definition) is 6. The minimum Gasteiger partial charge on any atom is -0.393 e. The fourth-order valence-electron chi connectivity index (χ4n) is 6.11. The number of rotatable bonds is 0. The third-order valence-corrected chi connectivity index (χ3v) is 6.91. The number of carbonyl (C=O) groups is 1. The fourth-order valence-corrected chi connectivity index (χ4v) is 6.11. The first-order chi connectivity index (χ1) is 12.9. The van der Waals surface area contributed by atoms with Crippen LogP contribution in [0.2, 0.25) is 0 Å². The maximum Gasteiger partial charge on any atom is 0.272 e. The monoisotopic (exact) mass is 372 g/mol. The van der Waals surface area contributed by atoms with Crippen LogP contribution >= 0.6 is 0 Å². The van der Waals surface area contributed by atoms with Crippen LogP contribution in [0.4, 0.5) is 0 Å². The second kappa shape index (κ2) is 4.37. The summed E-state index contributed by atoms with van der Waals surface area (Å²) < 4.78 is 1.80. The maximum absolute atomic E-state index is 13.2. The summed E-state index contributed by atoms with van der Waals surface area (Å²) in [4.78, 5) is 23.6. The largest absolute Gasteiger partial charge is 0.393 e. The first kappa shape index (κ1) is 15.3. The van der Waals surface area contributed by atoms with Gasteiger partial charge < -0.3 is 41.8 Å². The van der Waals surface area contributed by atoms with Crippen molar-refractivity contribution in [3.05, 3.63) is 24.0 Å². The number of hydrogen-bond acceptors (Lipinski definition) is 9. The van der Waals surface area contributed by atoms with Crippen LogP contribution in [0, 0.1) is 11.8 Å². The van der Waals surface area contributed by atoms with E-state index < -0.39 is 35.6 Å². The molecular weight excluding hydrogens is 352 g/mol. The van der Waals surface area contributed by atoms with Crippen molar-refractivity contribution in [1.82, 2.24) is 20.1 Å². The number of aliphatic imine (C=N–C) groups is 2. The summed E-state index contributed by atoms with van der Waals surface area (Å²) in [5, 5.41) is 27.9. The smallest absolute Gasteiger partial charge is 0.272 e. The van der Waals surface area contributed by atoms with Crippen LogP contribution in [0.5, 0.6) is 0 Å². The SMILES string of the molecule is NC1=N[C@@H](O)[C@@]2(C[C@@H](O)[C@H]3CN4C(=O)c5cccn5[C@H]5N=C(N)N[C@]54[C@H]32)N1. The van der Waals surface area contributed by atoms with E-state index in [2.05, 4.69) is 20.6 Å². The molecule has 27 heavy (non-hydrogen) atoms. The third-order valence-electron chi connectivity index (χ3n) is 6.91. The Kier molecular flexibility index (Phi) is 2.47. The van der Waals surface area contributed by atoms with Crippen LogP contribution in [0.15, 0.2) is 28.3 Å². The predicted octanol–water partition coefficient (Wildman–Crippen LogP) is -2.96. The molecule has 6 rings (SSSR count). The Morgan fingerprint density at radius 1 is 1.22 bits per heavy atom. The molecule has 142 valence electrons. The van der Waals surface area contributed by atoms with Gasteiger partial charge >= 0.3 is 0 Å². The van der Waals surface area contributed by atoms with E-state index >= 15 is 0 Å². The molecule has 4 aliphatic heterocycles. The number of fused-ring (bicyclic) bond motifs is 4. The van der Waals surface area contributed by atoms with Gasteiger partial charge in [-0.25, -0.2) is 9.98 Å². The number of aliphatic hydroxyl groups excluding tert-OH is 2. The van der Waals surface area contributed by atoms with Crippen LogP contribution in [-0.4, -0.2) is 67.6 Å². The van der Waals surface area contributed by atoms with Crippen molar-refractivity contribution < 1.29 is 15.0 Å². The number of carbonyl (C=O) groups excluding carboxylic acids is 1. The molecule has 1 saturated carbocycles. The molecule has 1 saturated heterocycles. The summed E-state index contributed by atoms with van der Waals surface area (Å²) in [5.74, 6) is -0.505. The van der Waals surface area contributed by atoms with Gasteiger partial charge in [0.1, 0.15) is 5.69 Å². The van der Waals surface area contributed by atoms with Gasteiger partial charge in [0, 0.05) is 31.0 Å². The first-order valence-electron chi connectivity index (χ1n) is 8.96. The second-order valence-electron chi connectivity index (χ2n) is 8.02. The molecule has 11 heteroatoms. The molecule has 0 unspecified atom stereocenters. The highest BCUT2D eigenvalue weighted by atomic mass is 16.3. The Morgan fingerprint density at radius 3 is 2.74 bits per heavy atom. The van der Waals surface area contributed by atoms with Gasteiger partial charge in [-0.15, -0.1) is 0 Å². The summed E-state index contributed by atoms with van der Waals surface area (Å²) in [6.45, 7) is 0.332. The van der Waals surface area contributed by atoms with Crippen LogP contribution in [-0.2, 0) is 0 Å². The van der Waals surface area contributed by atoms with Crippen molar-refractivity contribution in [2.75, 3.05) is 6.54 Å². The van der Waals surface area contributed by atoms with E-state index in [1.54, 1.807) is 27.8 Å². The van der Waals surface area contributed by atoms with E-state index in [0.29, 0.717) is 12.2 Å². The van der Waals surface area contributed by atoms with E-state index in [-0.39, 0.29) is 30.2 Å². The minimum atomic E-state index is -1.14. The molecule has 1 aromatic rings. The number of aromatic nitrogens is 1. The molecule has 5 heterocycles. The van der Waals surface area contributed by atoms with Gasteiger partial charge in [0.2, 0.25) is 0 Å². The van der Waals surface area contributed by atoms with E-state index in [1.165, 1.54) is 0 Å². The number of amides is 1. The van der Waals surface area contributed by atoms with E-state index in [0.717, 1.165) is 0 Å². The second-order valence-corrected chi connectivity index (χ2v) is 8.02. The molecule has 0 aromatic carbocycles. The van der Waals surface area contributed by atoms with Crippen molar-refractivity contribution in [3.8, 4) is 0 Å². The van der Waals surface area contributed by atoms with Gasteiger partial charge in [-0.3, -0.25) is 4.79 Å². The van der Waals surface area contributed by atoms with Crippen LogP contribution in [0.3, 0.4) is 0 Å². The van der Waals surface area contributed by atoms with Gasteiger partial charge in [0.25, 0.3) is 5.91 Å². The lowest BCUT2D eigenvalue weighted by molar-refractivity contribution is -0.0283. The molecule has 2 fully saturated rings. The predicted molar refractivity (Wildman–Crippen MR) is 93.1 cm³/mol. The molecule has 1 amide bonds. The maximum atomic E-state index is 13.2. The highest BCUT2D eigenvalue weighted by Crippen LogP contribution is 2.60. The van der Waals surface area contributed by atoms with Gasteiger partial charge in [-0.05, 0) is 12.1 Å². The van der Waals surface area contributed by atoms with Gasteiger partial charge in [-0.1, -0.05) is 0 Å². The molecular formula is C16H20N8O3. The quantitative estimate of drug-likeness (QED) is 0.283. The number of nitrogens with zero attached hydrogens (tertiary/aromatic N) is 4. The Labute approximate surface area is 153 Å². The molecule has 0 bridgehead atoms. The van der Waals surface area contributed by atoms with Crippen molar-refractivity contribution in [2.45, 2.75) is 36.1 Å². The van der Waals surface area contributed by atoms with Crippen LogP contribution in [0.1, 0.15) is 23.1 Å². The standard InChI is InChI=1S/C16H20N8O3/c17-13-19-11-16(22-13)9-6(5-24(16)10(26)7-2-1-3-23(7)11)8(25)4-15(9)12(27)20-14(18)21-15/h1-3,6,8-9,11-12,25,27H,4-5H2,(H3,17,19,22)(H3,18,20,21)/t6-,8-,9-,11-,12+,15+,16+/m1/s1. The summed E-state index contributed by atoms with van der Waals surface area (Å²) in [6, 6.07) is 3.55. The van der Waals surface area contributed by atoms with Gasteiger partial charge in [0.05, 0.1) is 11.6 Å². The topological polar surface area (TPSA) is 167 Å². The van der Waals surface area contributed by atoms with E-state index in [4.69, 9.17) is 11.5 Å². The zero-order valence-corrected chi connectivity index (χ0v) is 14.3. The van der Waals surface area contributed by atoms with Crippen molar-refractivity contribution in [3.63, 3.8) is 0 Å². The number of nitrogens with two attached hydrogens (primary N) is 2. The Hall–Kier alpha value is -2.79. The zero-order valence-electron chi connectivity index (χ0n) is 14.3. The molecule has 1 aliphatic carbocycles. The fraction of sp³-hybridized carbons (Fsp3) is 0.562. The summed E-state index contributed by atoms with van der Waals surface area (Å²) >= 11 is 0. The molecule has 7 atom stereocenters. The van der Waals surface area contributed by atoms with E-state index in [9.17, 15) is 15.0 Å². The number of nitrogens with one attached hydrogen (secondary N) is 2. The Morgan fingerprint density at radius 2 is 2.00 bits per heavy atom. The minimum absolute atomic E-state index is 0.123. The van der Waals surface area contributed by atoms with Crippen LogP contribution < -0.4 is 22.1 Å². The number of guanidine groups is 2. The average Bonchev–Trinajstić information content (AvgIpc) is 3.35. The van der Waals surface area contributed by atoms with Crippen molar-refractivity contribution in [2.24, 2.45) is 33.3 Å². The summed E-state index contributed by atoms with van der Waals surface area (Å²) in [6.07, 6.45) is -0.301. The normalized spacial score (nSPS) is 46.4. The van der Waals surface area contributed by atoms with Crippen molar-refractivity contribution >= 4 is 17.8 Å². The van der Waals surface area contributed by atoms with E-state index in [1.807, 2.05) is 0 Å². The highest BCUT2D eigenvalue weighted by Gasteiger charge is 2.76. The van der Waals surface area contributed by atoms with Gasteiger partial charge in [-0.2, -0.15) is 0 Å². The lowest BCUT2D eigenvalue weighted by Gasteiger charge is -2.50. The molecule has 2 spiro atoms. The summed E-state index contributed by atoms with van der Waals surface area (Å²) in [5.41, 5.74) is 10.4. The van der Waals surface area contributed by atoms with Crippen molar-refractivity contribution in [1.29, 1.82) is 0 Å².